The van der Waals surface area contributed by atoms with Crippen LogP contribution in [-0.4, -0.2) is 18.1 Å². The molecule has 0 bridgehead atoms. The van der Waals surface area contributed by atoms with Crippen molar-refractivity contribution in [3.63, 3.8) is 0 Å². The van der Waals surface area contributed by atoms with Crippen LogP contribution >= 0.6 is 0 Å². The summed E-state index contributed by atoms with van der Waals surface area (Å²) in [5, 5.41) is 23.2. The van der Waals surface area contributed by atoms with Crippen molar-refractivity contribution in [3.05, 3.63) is 82.9 Å². The number of nitriles is 1. The zero-order chi connectivity index (χ0) is 20.1. The van der Waals surface area contributed by atoms with Crippen molar-refractivity contribution in [2.45, 2.75) is 0 Å². The SMILES string of the molecule is N#Cc1ccc(C(=O)N/N=C\c2ccc(-c3ccc(C(=O)[O-])cc3)o2)c(F)c1. The Bertz CT molecular complexity index is 1110. The Morgan fingerprint density at radius 1 is 1.14 bits per heavy atom. The summed E-state index contributed by atoms with van der Waals surface area (Å²) in [5.41, 5.74) is 2.73. The second kappa shape index (κ2) is 7.97. The molecule has 0 aliphatic heterocycles. The summed E-state index contributed by atoms with van der Waals surface area (Å²) in [6.07, 6.45) is 1.23. The van der Waals surface area contributed by atoms with Crippen molar-refractivity contribution < 1.29 is 23.5 Å². The van der Waals surface area contributed by atoms with Gasteiger partial charge in [-0.25, -0.2) is 9.82 Å². The van der Waals surface area contributed by atoms with Crippen molar-refractivity contribution in [1.29, 1.82) is 5.26 Å². The van der Waals surface area contributed by atoms with E-state index in [-0.39, 0.29) is 16.7 Å². The highest BCUT2D eigenvalue weighted by atomic mass is 19.1. The molecule has 0 unspecified atom stereocenters. The van der Waals surface area contributed by atoms with E-state index in [4.69, 9.17) is 9.68 Å². The van der Waals surface area contributed by atoms with E-state index in [9.17, 15) is 19.1 Å². The Morgan fingerprint density at radius 2 is 1.89 bits per heavy atom. The minimum absolute atomic E-state index is 0.0508. The molecular weight excluding hydrogens is 365 g/mol. The Balaban J connectivity index is 1.66. The molecule has 0 spiro atoms. The first-order valence-electron chi connectivity index (χ1n) is 7.92. The van der Waals surface area contributed by atoms with E-state index in [1.165, 1.54) is 30.5 Å². The number of carbonyl (C=O) groups excluding carboxylic acids is 2. The van der Waals surface area contributed by atoms with E-state index in [0.717, 1.165) is 6.07 Å². The predicted molar refractivity (Wildman–Crippen MR) is 94.6 cm³/mol. The minimum atomic E-state index is -1.27. The smallest absolute Gasteiger partial charge is 0.274 e. The number of hydrogen-bond donors (Lipinski definition) is 1. The van der Waals surface area contributed by atoms with E-state index in [1.807, 2.05) is 0 Å². The first-order chi connectivity index (χ1) is 13.5. The third kappa shape index (κ3) is 4.11. The summed E-state index contributed by atoms with van der Waals surface area (Å²) in [7, 11) is 0. The van der Waals surface area contributed by atoms with Gasteiger partial charge in [0.1, 0.15) is 17.3 Å². The number of nitrogens with one attached hydrogen (secondary N) is 1. The zero-order valence-electron chi connectivity index (χ0n) is 14.2. The third-order valence-corrected chi connectivity index (χ3v) is 3.73. The van der Waals surface area contributed by atoms with Crippen LogP contribution in [0.4, 0.5) is 4.39 Å². The normalized spacial score (nSPS) is 10.6. The minimum Gasteiger partial charge on any atom is -0.545 e. The summed E-state index contributed by atoms with van der Waals surface area (Å²) in [5.74, 6) is -2.08. The van der Waals surface area contributed by atoms with E-state index in [0.29, 0.717) is 17.1 Å². The van der Waals surface area contributed by atoms with Gasteiger partial charge < -0.3 is 14.3 Å². The van der Waals surface area contributed by atoms with E-state index in [2.05, 4.69) is 10.5 Å². The van der Waals surface area contributed by atoms with Crippen LogP contribution < -0.4 is 10.5 Å². The van der Waals surface area contributed by atoms with Crippen molar-refractivity contribution in [2.75, 3.05) is 0 Å². The van der Waals surface area contributed by atoms with Crippen LogP contribution in [0, 0.1) is 17.1 Å². The average molecular weight is 376 g/mol. The quantitative estimate of drug-likeness (QED) is 0.540. The lowest BCUT2D eigenvalue weighted by Crippen LogP contribution is -2.21. The lowest BCUT2D eigenvalue weighted by atomic mass is 10.1. The number of carboxylic acid groups (broad SMARTS) is 1. The number of aromatic carboxylic acids is 1. The van der Waals surface area contributed by atoms with Crippen LogP contribution in [0.25, 0.3) is 11.3 Å². The standard InChI is InChI=1S/C20H12FN3O4/c21-17-9-12(10-22)1-7-16(17)19(25)24-23-11-15-6-8-18(28-15)13-2-4-14(5-3-13)20(26)27/h1-9,11H,(H,24,25)(H,26,27)/p-1/b23-11-. The highest BCUT2D eigenvalue weighted by Gasteiger charge is 2.11. The highest BCUT2D eigenvalue weighted by Crippen LogP contribution is 2.22. The number of carbonyl (C=O) groups is 2. The molecule has 1 aromatic heterocycles. The fourth-order valence-corrected chi connectivity index (χ4v) is 2.33. The van der Waals surface area contributed by atoms with Gasteiger partial charge in [0.15, 0.2) is 0 Å². The molecule has 0 fully saturated rings. The van der Waals surface area contributed by atoms with Crippen LogP contribution in [0.1, 0.15) is 32.0 Å². The summed E-state index contributed by atoms with van der Waals surface area (Å²) in [4.78, 5) is 22.7. The lowest BCUT2D eigenvalue weighted by molar-refractivity contribution is -0.255. The van der Waals surface area contributed by atoms with Crippen LogP contribution in [-0.2, 0) is 0 Å². The van der Waals surface area contributed by atoms with Crippen molar-refractivity contribution in [3.8, 4) is 17.4 Å². The lowest BCUT2D eigenvalue weighted by Gasteiger charge is -2.02. The van der Waals surface area contributed by atoms with E-state index >= 15 is 0 Å². The molecule has 2 aromatic carbocycles. The largest absolute Gasteiger partial charge is 0.545 e. The second-order valence-corrected chi connectivity index (χ2v) is 5.57. The fraction of sp³-hybridized carbons (Fsp3) is 0. The molecule has 0 radical (unpaired) electrons. The van der Waals surface area contributed by atoms with Gasteiger partial charge in [0, 0.05) is 5.56 Å². The second-order valence-electron chi connectivity index (χ2n) is 5.57. The number of nitrogens with zero attached hydrogens (tertiary/aromatic N) is 2. The number of amides is 1. The average Bonchev–Trinajstić information content (AvgIpc) is 3.16. The van der Waals surface area contributed by atoms with Gasteiger partial charge in [-0.1, -0.05) is 24.3 Å². The molecule has 28 heavy (non-hydrogen) atoms. The molecule has 0 saturated heterocycles. The van der Waals surface area contributed by atoms with Crippen molar-refractivity contribution in [2.24, 2.45) is 5.10 Å². The molecule has 1 heterocycles. The van der Waals surface area contributed by atoms with E-state index in [1.54, 1.807) is 30.3 Å². The number of hydrazone groups is 1. The predicted octanol–water partition coefficient (Wildman–Crippen LogP) is 2.08. The number of halogens is 1. The molecule has 0 saturated carbocycles. The maximum absolute atomic E-state index is 13.8. The summed E-state index contributed by atoms with van der Waals surface area (Å²) < 4.78 is 19.3. The molecule has 3 aromatic rings. The third-order valence-electron chi connectivity index (χ3n) is 3.73. The van der Waals surface area contributed by atoms with E-state index < -0.39 is 17.7 Å². The summed E-state index contributed by atoms with van der Waals surface area (Å²) >= 11 is 0. The molecule has 3 rings (SSSR count). The number of benzene rings is 2. The molecule has 1 N–H and O–H groups in total. The first-order valence-corrected chi connectivity index (χ1v) is 7.92. The van der Waals surface area contributed by atoms with Crippen LogP contribution in [0.15, 0.2) is 64.1 Å². The van der Waals surface area contributed by atoms with Gasteiger partial charge in [-0.3, -0.25) is 4.79 Å². The molecule has 8 heteroatoms. The Hall–Kier alpha value is -4.25. The monoisotopic (exact) mass is 376 g/mol. The highest BCUT2D eigenvalue weighted by molar-refractivity contribution is 5.95. The molecule has 0 aliphatic rings. The van der Waals surface area contributed by atoms with Gasteiger partial charge in [0.05, 0.1) is 29.4 Å². The van der Waals surface area contributed by atoms with Crippen LogP contribution in [0.3, 0.4) is 0 Å². The molecule has 0 atom stereocenters. The van der Waals surface area contributed by atoms with Gasteiger partial charge in [0.25, 0.3) is 5.91 Å². The van der Waals surface area contributed by atoms with Gasteiger partial charge in [-0.2, -0.15) is 10.4 Å². The Kier molecular flexibility index (Phi) is 5.28. The van der Waals surface area contributed by atoms with Crippen molar-refractivity contribution in [1.82, 2.24) is 5.43 Å². The molecule has 7 nitrogen and oxygen atoms in total. The Morgan fingerprint density at radius 3 is 2.54 bits per heavy atom. The zero-order valence-corrected chi connectivity index (χ0v) is 14.2. The van der Waals surface area contributed by atoms with Gasteiger partial charge in [0.2, 0.25) is 0 Å². The van der Waals surface area contributed by atoms with Gasteiger partial charge in [-0.05, 0) is 35.9 Å². The molecule has 1 amide bonds. The van der Waals surface area contributed by atoms with Crippen LogP contribution in [0.2, 0.25) is 0 Å². The fourth-order valence-electron chi connectivity index (χ4n) is 2.33. The molecular formula is C20H11FN3O4-. The topological polar surface area (TPSA) is 119 Å². The van der Waals surface area contributed by atoms with Crippen LogP contribution in [0.5, 0.6) is 0 Å². The maximum Gasteiger partial charge on any atom is 0.274 e. The van der Waals surface area contributed by atoms with Crippen molar-refractivity contribution >= 4 is 18.1 Å². The number of furan rings is 1. The Labute approximate surface area is 158 Å². The number of carboxylic acids is 1. The summed E-state index contributed by atoms with van der Waals surface area (Å²) in [6.45, 7) is 0. The number of hydrogen-bond acceptors (Lipinski definition) is 6. The summed E-state index contributed by atoms with van der Waals surface area (Å²) in [6, 6.07) is 14.4. The molecule has 0 aliphatic carbocycles. The number of rotatable bonds is 5. The maximum atomic E-state index is 13.8. The first kappa shape index (κ1) is 18.5. The van der Waals surface area contributed by atoms with Gasteiger partial charge >= 0.3 is 0 Å². The van der Waals surface area contributed by atoms with Gasteiger partial charge in [-0.15, -0.1) is 0 Å². The molecule has 138 valence electrons.